The molecule has 0 saturated heterocycles. The molecule has 0 fully saturated rings. The molecule has 0 radical (unpaired) electrons. The van der Waals surface area contributed by atoms with Gasteiger partial charge in [0.15, 0.2) is 0 Å². The first-order chi connectivity index (χ1) is 3.18. The lowest BCUT2D eigenvalue weighted by molar-refractivity contribution is 1.05. The lowest BCUT2D eigenvalue weighted by atomic mass is 10.1. The van der Waals surface area contributed by atoms with Crippen molar-refractivity contribution in [2.75, 3.05) is 0 Å². The molecule has 0 aliphatic carbocycles. The van der Waals surface area contributed by atoms with Gasteiger partial charge >= 0.3 is 0 Å². The summed E-state index contributed by atoms with van der Waals surface area (Å²) in [7, 11) is 0. The molecule has 0 amide bonds. The molecule has 0 unspecified atom stereocenters. The molecule has 0 aliphatic rings. The third-order valence-electron chi connectivity index (χ3n) is 1.38. The fourth-order valence-electron chi connectivity index (χ4n) is 0.354. The molecular weight excluding hydrogens is 98.1 g/mol. The maximum absolute atomic E-state index is 2.18. The van der Waals surface area contributed by atoms with Crippen molar-refractivity contribution < 1.29 is 0 Å². The SMILES string of the molecule is CCC(C)=C(C)C.N. The van der Waals surface area contributed by atoms with Gasteiger partial charge in [0.05, 0.1) is 0 Å². The molecule has 0 rings (SSSR count). The molecule has 0 atom stereocenters. The van der Waals surface area contributed by atoms with E-state index >= 15 is 0 Å². The Morgan fingerprint density at radius 2 is 1.50 bits per heavy atom. The molecule has 1 heteroatoms. The van der Waals surface area contributed by atoms with E-state index in [1.165, 1.54) is 17.6 Å². The molecule has 0 bridgehead atoms. The molecule has 50 valence electrons. The molecule has 3 N–H and O–H groups in total. The topological polar surface area (TPSA) is 35.0 Å². The van der Waals surface area contributed by atoms with E-state index in [1.54, 1.807) is 0 Å². The van der Waals surface area contributed by atoms with Crippen molar-refractivity contribution >= 4 is 0 Å². The van der Waals surface area contributed by atoms with E-state index in [4.69, 9.17) is 0 Å². The van der Waals surface area contributed by atoms with Crippen LogP contribution in [0.5, 0.6) is 0 Å². The van der Waals surface area contributed by atoms with Crippen molar-refractivity contribution in [3.05, 3.63) is 11.1 Å². The summed E-state index contributed by atoms with van der Waals surface area (Å²) in [5, 5.41) is 0. The smallest absolute Gasteiger partial charge is 0.0349 e. The first-order valence-electron chi connectivity index (χ1n) is 2.81. The van der Waals surface area contributed by atoms with Crippen LogP contribution < -0.4 is 6.15 Å². The summed E-state index contributed by atoms with van der Waals surface area (Å²) in [4.78, 5) is 0. The van der Waals surface area contributed by atoms with Crippen molar-refractivity contribution in [1.82, 2.24) is 6.15 Å². The van der Waals surface area contributed by atoms with Gasteiger partial charge in [0, 0.05) is 0 Å². The quantitative estimate of drug-likeness (QED) is 0.524. The molecule has 1 nitrogen and oxygen atoms in total. The Hall–Kier alpha value is -0.300. The van der Waals surface area contributed by atoms with Crippen LogP contribution in [0.1, 0.15) is 34.1 Å². The lowest BCUT2D eigenvalue weighted by Crippen LogP contribution is -1.73. The van der Waals surface area contributed by atoms with Gasteiger partial charge in [-0.15, -0.1) is 0 Å². The zero-order chi connectivity index (χ0) is 5.86. The summed E-state index contributed by atoms with van der Waals surface area (Å²) in [6, 6.07) is 0. The summed E-state index contributed by atoms with van der Waals surface area (Å²) in [6.45, 7) is 8.66. The van der Waals surface area contributed by atoms with E-state index in [2.05, 4.69) is 27.7 Å². The first kappa shape index (κ1) is 10.6. The van der Waals surface area contributed by atoms with Crippen LogP contribution in [-0.4, -0.2) is 0 Å². The highest BCUT2D eigenvalue weighted by Crippen LogP contribution is 2.04. The van der Waals surface area contributed by atoms with E-state index in [1.807, 2.05) is 0 Å². The molecule has 0 aromatic heterocycles. The minimum Gasteiger partial charge on any atom is -0.344 e. The summed E-state index contributed by atoms with van der Waals surface area (Å²) >= 11 is 0. The van der Waals surface area contributed by atoms with Gasteiger partial charge in [-0.3, -0.25) is 0 Å². The molecule has 0 heterocycles. The van der Waals surface area contributed by atoms with Crippen LogP contribution in [0, 0.1) is 0 Å². The Morgan fingerprint density at radius 3 is 1.50 bits per heavy atom. The van der Waals surface area contributed by atoms with Gasteiger partial charge in [-0.2, -0.15) is 0 Å². The second-order valence-corrected chi connectivity index (χ2v) is 2.13. The van der Waals surface area contributed by atoms with Crippen LogP contribution in [0.2, 0.25) is 0 Å². The Bertz CT molecular complexity index is 78.4. The molecule has 8 heavy (non-hydrogen) atoms. The van der Waals surface area contributed by atoms with Crippen LogP contribution in [-0.2, 0) is 0 Å². The molecule has 0 spiro atoms. The highest BCUT2D eigenvalue weighted by molar-refractivity contribution is 5.05. The van der Waals surface area contributed by atoms with Crippen LogP contribution in [0.25, 0.3) is 0 Å². The molecule has 0 aromatic carbocycles. The van der Waals surface area contributed by atoms with Crippen molar-refractivity contribution in [2.45, 2.75) is 34.1 Å². The normalized spacial score (nSPS) is 7.50. The monoisotopic (exact) mass is 115 g/mol. The van der Waals surface area contributed by atoms with Gasteiger partial charge in [0.25, 0.3) is 0 Å². The fraction of sp³-hybridized carbons (Fsp3) is 0.714. The average Bonchev–Trinajstić information content (AvgIpc) is 1.65. The molecule has 0 aliphatic heterocycles. The van der Waals surface area contributed by atoms with Crippen molar-refractivity contribution in [2.24, 2.45) is 0 Å². The van der Waals surface area contributed by atoms with Gasteiger partial charge < -0.3 is 6.15 Å². The Kier molecular flexibility index (Phi) is 6.45. The maximum atomic E-state index is 2.18. The number of hydrogen-bond acceptors (Lipinski definition) is 1. The van der Waals surface area contributed by atoms with Crippen LogP contribution in [0.3, 0.4) is 0 Å². The zero-order valence-electron chi connectivity index (χ0n) is 6.41. The van der Waals surface area contributed by atoms with Crippen molar-refractivity contribution in [3.8, 4) is 0 Å². The first-order valence-corrected chi connectivity index (χ1v) is 2.81. The van der Waals surface area contributed by atoms with Crippen LogP contribution in [0.4, 0.5) is 0 Å². The standard InChI is InChI=1S/C7H14.H3N/c1-5-7(4)6(2)3;/h5H2,1-4H3;1H3. The second-order valence-electron chi connectivity index (χ2n) is 2.13. The summed E-state index contributed by atoms with van der Waals surface area (Å²) < 4.78 is 0. The molecular formula is C7H17N. The number of rotatable bonds is 1. The van der Waals surface area contributed by atoms with Gasteiger partial charge in [0.1, 0.15) is 0 Å². The Morgan fingerprint density at radius 1 is 1.12 bits per heavy atom. The summed E-state index contributed by atoms with van der Waals surface area (Å²) in [5.74, 6) is 0. The second kappa shape index (κ2) is 4.85. The van der Waals surface area contributed by atoms with Gasteiger partial charge in [-0.1, -0.05) is 18.1 Å². The van der Waals surface area contributed by atoms with Crippen LogP contribution in [0.15, 0.2) is 11.1 Å². The number of hydrogen-bond donors (Lipinski definition) is 1. The third kappa shape index (κ3) is 3.88. The molecule has 0 saturated carbocycles. The minimum atomic E-state index is 0. The third-order valence-corrected chi connectivity index (χ3v) is 1.38. The van der Waals surface area contributed by atoms with Gasteiger partial charge in [0.2, 0.25) is 0 Å². The average molecular weight is 115 g/mol. The Labute approximate surface area is 52.4 Å². The highest BCUT2D eigenvalue weighted by atomic mass is 14.0. The van der Waals surface area contributed by atoms with E-state index < -0.39 is 0 Å². The summed E-state index contributed by atoms with van der Waals surface area (Å²) in [5.41, 5.74) is 2.97. The maximum Gasteiger partial charge on any atom is -0.0349 e. The lowest BCUT2D eigenvalue weighted by Gasteiger charge is -1.94. The largest absolute Gasteiger partial charge is 0.344 e. The van der Waals surface area contributed by atoms with E-state index in [0.717, 1.165) is 0 Å². The highest BCUT2D eigenvalue weighted by Gasteiger charge is 1.82. The van der Waals surface area contributed by atoms with Gasteiger partial charge in [-0.05, 0) is 27.2 Å². The van der Waals surface area contributed by atoms with E-state index in [9.17, 15) is 0 Å². The van der Waals surface area contributed by atoms with E-state index in [-0.39, 0.29) is 6.15 Å². The van der Waals surface area contributed by atoms with Gasteiger partial charge in [-0.25, -0.2) is 0 Å². The minimum absolute atomic E-state index is 0. The molecule has 0 aromatic rings. The summed E-state index contributed by atoms with van der Waals surface area (Å²) in [6.07, 6.45) is 1.20. The van der Waals surface area contributed by atoms with Crippen molar-refractivity contribution in [3.63, 3.8) is 0 Å². The van der Waals surface area contributed by atoms with Crippen molar-refractivity contribution in [1.29, 1.82) is 0 Å². The predicted molar refractivity (Wildman–Crippen MR) is 39.4 cm³/mol. The fourth-order valence-corrected chi connectivity index (χ4v) is 0.354. The number of allylic oxidation sites excluding steroid dienone is 2. The Balaban J connectivity index is 0. The predicted octanol–water partition coefficient (Wildman–Crippen LogP) is 2.91. The zero-order valence-corrected chi connectivity index (χ0v) is 6.41. The van der Waals surface area contributed by atoms with E-state index in [0.29, 0.717) is 0 Å². The van der Waals surface area contributed by atoms with Crippen LogP contribution >= 0.6 is 0 Å².